The van der Waals surface area contributed by atoms with Crippen LogP contribution in [0.2, 0.25) is 0 Å². The van der Waals surface area contributed by atoms with E-state index in [9.17, 15) is 4.79 Å². The summed E-state index contributed by atoms with van der Waals surface area (Å²) in [6.07, 6.45) is 1.79. The fraction of sp³-hybridized carbons (Fsp3) is 0.158. The van der Waals surface area contributed by atoms with E-state index in [0.29, 0.717) is 23.0 Å². The fourth-order valence-corrected chi connectivity index (χ4v) is 2.48. The molecule has 2 aromatic carbocycles. The summed E-state index contributed by atoms with van der Waals surface area (Å²) in [4.78, 5) is 16.6. The number of aliphatic imine (C=N–C) groups is 1. The summed E-state index contributed by atoms with van der Waals surface area (Å²) in [5, 5.41) is 2.80. The van der Waals surface area contributed by atoms with Crippen molar-refractivity contribution in [3.63, 3.8) is 0 Å². The predicted octanol–water partition coefficient (Wildman–Crippen LogP) is 2.93. The molecule has 0 aliphatic carbocycles. The summed E-state index contributed by atoms with van der Waals surface area (Å²) in [7, 11) is 3.15. The van der Waals surface area contributed by atoms with Gasteiger partial charge in [0.25, 0.3) is 5.91 Å². The first-order valence-electron chi connectivity index (χ1n) is 7.52. The number of nitrogens with one attached hydrogen (secondary N) is 1. The van der Waals surface area contributed by atoms with Crippen LogP contribution in [0.25, 0.3) is 6.08 Å². The van der Waals surface area contributed by atoms with Gasteiger partial charge in [0, 0.05) is 5.56 Å². The van der Waals surface area contributed by atoms with E-state index >= 15 is 0 Å². The molecule has 5 nitrogen and oxygen atoms in total. The van der Waals surface area contributed by atoms with Crippen molar-refractivity contribution in [3.05, 3.63) is 64.9 Å². The highest BCUT2D eigenvalue weighted by molar-refractivity contribution is 6.20. The molecule has 1 aliphatic rings. The van der Waals surface area contributed by atoms with Gasteiger partial charge in [0.05, 0.1) is 14.2 Å². The average Bonchev–Trinajstić information content (AvgIpc) is 2.97. The number of carbonyl (C=O) groups excluding carboxylic acids is 1. The molecule has 1 heterocycles. The third-order valence-electron chi connectivity index (χ3n) is 3.83. The molecule has 24 heavy (non-hydrogen) atoms. The number of methoxy groups -OCH3 is 2. The first-order valence-corrected chi connectivity index (χ1v) is 7.52. The number of aryl methyl sites for hydroxylation is 1. The molecule has 3 rings (SSSR count). The number of amides is 1. The minimum Gasteiger partial charge on any atom is -0.493 e. The van der Waals surface area contributed by atoms with Gasteiger partial charge in [-0.2, -0.15) is 0 Å². The molecular formula is C19H18N2O3. The van der Waals surface area contributed by atoms with Gasteiger partial charge in [0.1, 0.15) is 11.5 Å². The minimum absolute atomic E-state index is 0.219. The lowest BCUT2D eigenvalue weighted by atomic mass is 10.1. The highest BCUT2D eigenvalue weighted by Crippen LogP contribution is 2.28. The number of benzene rings is 2. The maximum absolute atomic E-state index is 12.2. The normalized spacial score (nSPS) is 15.2. The Hall–Kier alpha value is -3.08. The Morgan fingerprint density at radius 3 is 2.50 bits per heavy atom. The van der Waals surface area contributed by atoms with Crippen LogP contribution in [0.5, 0.6) is 11.5 Å². The number of amidine groups is 1. The lowest BCUT2D eigenvalue weighted by molar-refractivity contribution is -0.115. The largest absolute Gasteiger partial charge is 0.493 e. The van der Waals surface area contributed by atoms with Crippen LogP contribution in [0, 0.1) is 6.92 Å². The molecule has 0 bridgehead atoms. The first-order chi connectivity index (χ1) is 11.6. The Bertz CT molecular complexity index is 853. The molecule has 0 saturated heterocycles. The Morgan fingerprint density at radius 2 is 1.79 bits per heavy atom. The summed E-state index contributed by atoms with van der Waals surface area (Å²) in [6.45, 7) is 2.00. The molecule has 1 N–H and O–H groups in total. The van der Waals surface area contributed by atoms with Gasteiger partial charge in [0.2, 0.25) is 0 Å². The van der Waals surface area contributed by atoms with Crippen LogP contribution in [-0.2, 0) is 4.79 Å². The third kappa shape index (κ3) is 3.01. The van der Waals surface area contributed by atoms with Crippen molar-refractivity contribution in [1.29, 1.82) is 0 Å². The van der Waals surface area contributed by atoms with Crippen LogP contribution >= 0.6 is 0 Å². The summed E-state index contributed by atoms with van der Waals surface area (Å²) in [5.41, 5.74) is 3.20. The molecule has 0 unspecified atom stereocenters. The second-order valence-electron chi connectivity index (χ2n) is 5.37. The number of hydrogen-bond donors (Lipinski definition) is 1. The van der Waals surface area contributed by atoms with Crippen molar-refractivity contribution in [2.45, 2.75) is 6.92 Å². The van der Waals surface area contributed by atoms with Gasteiger partial charge in [-0.3, -0.25) is 4.79 Å². The van der Waals surface area contributed by atoms with E-state index in [2.05, 4.69) is 10.3 Å². The van der Waals surface area contributed by atoms with Gasteiger partial charge >= 0.3 is 0 Å². The molecule has 0 saturated carbocycles. The van der Waals surface area contributed by atoms with Crippen molar-refractivity contribution in [2.75, 3.05) is 14.2 Å². The second-order valence-corrected chi connectivity index (χ2v) is 5.37. The SMILES string of the molecule is COc1ccc(C2=N/C(=C\c3ccccc3C)C(=O)N2)cc1OC. The zero-order valence-electron chi connectivity index (χ0n) is 13.8. The van der Waals surface area contributed by atoms with Crippen LogP contribution in [0.3, 0.4) is 0 Å². The maximum atomic E-state index is 12.2. The van der Waals surface area contributed by atoms with E-state index in [1.807, 2.05) is 37.3 Å². The smallest absolute Gasteiger partial charge is 0.275 e. The van der Waals surface area contributed by atoms with E-state index < -0.39 is 0 Å². The van der Waals surface area contributed by atoms with Gasteiger partial charge in [0.15, 0.2) is 11.5 Å². The zero-order chi connectivity index (χ0) is 17.1. The van der Waals surface area contributed by atoms with Crippen molar-refractivity contribution in [3.8, 4) is 11.5 Å². The molecule has 2 aromatic rings. The lowest BCUT2D eigenvalue weighted by Gasteiger charge is -2.09. The number of nitrogens with zero attached hydrogens (tertiary/aromatic N) is 1. The Kier molecular flexibility index (Phi) is 4.33. The van der Waals surface area contributed by atoms with Gasteiger partial charge in [-0.05, 0) is 42.3 Å². The second kappa shape index (κ2) is 6.58. The summed E-state index contributed by atoms with van der Waals surface area (Å²) in [5.74, 6) is 1.49. The van der Waals surface area contributed by atoms with Gasteiger partial charge in [-0.25, -0.2) is 4.99 Å². The monoisotopic (exact) mass is 322 g/mol. The van der Waals surface area contributed by atoms with Crippen molar-refractivity contribution >= 4 is 17.8 Å². The van der Waals surface area contributed by atoms with Gasteiger partial charge < -0.3 is 14.8 Å². The van der Waals surface area contributed by atoms with Crippen LogP contribution in [0.1, 0.15) is 16.7 Å². The van der Waals surface area contributed by atoms with Gasteiger partial charge in [-0.1, -0.05) is 24.3 Å². The highest BCUT2D eigenvalue weighted by atomic mass is 16.5. The van der Waals surface area contributed by atoms with Crippen molar-refractivity contribution < 1.29 is 14.3 Å². The van der Waals surface area contributed by atoms with Crippen LogP contribution < -0.4 is 14.8 Å². The summed E-state index contributed by atoms with van der Waals surface area (Å²) in [6, 6.07) is 13.3. The average molecular weight is 322 g/mol. The van der Waals surface area contributed by atoms with E-state index in [-0.39, 0.29) is 5.91 Å². The van der Waals surface area contributed by atoms with Crippen molar-refractivity contribution in [1.82, 2.24) is 5.32 Å². The van der Waals surface area contributed by atoms with E-state index in [1.165, 1.54) is 0 Å². The predicted molar refractivity (Wildman–Crippen MR) is 93.4 cm³/mol. The quantitative estimate of drug-likeness (QED) is 0.881. The zero-order valence-corrected chi connectivity index (χ0v) is 13.8. The number of ether oxygens (including phenoxy) is 2. The van der Waals surface area contributed by atoms with Crippen LogP contribution in [0.4, 0.5) is 0 Å². The molecule has 0 atom stereocenters. The molecule has 1 aliphatic heterocycles. The summed E-state index contributed by atoms with van der Waals surface area (Å²) >= 11 is 0. The van der Waals surface area contributed by atoms with E-state index in [0.717, 1.165) is 16.7 Å². The topological polar surface area (TPSA) is 59.9 Å². The standard InChI is InChI=1S/C19H18N2O3/c1-12-6-4-5-7-13(12)10-15-19(22)21-18(20-15)14-8-9-16(23-2)17(11-14)24-3/h4-11H,1-3H3,(H,20,21,22)/b15-10-. The Morgan fingerprint density at radius 1 is 1.04 bits per heavy atom. The first kappa shape index (κ1) is 15.8. The van der Waals surface area contributed by atoms with E-state index in [4.69, 9.17) is 9.47 Å². The molecule has 122 valence electrons. The fourth-order valence-electron chi connectivity index (χ4n) is 2.48. The number of rotatable bonds is 4. The molecule has 5 heteroatoms. The molecule has 0 fully saturated rings. The maximum Gasteiger partial charge on any atom is 0.275 e. The number of hydrogen-bond acceptors (Lipinski definition) is 4. The third-order valence-corrected chi connectivity index (χ3v) is 3.83. The van der Waals surface area contributed by atoms with Crippen LogP contribution in [-0.4, -0.2) is 26.0 Å². The Labute approximate surface area is 140 Å². The molecule has 0 spiro atoms. The molecule has 0 radical (unpaired) electrons. The molecular weight excluding hydrogens is 304 g/mol. The molecule has 0 aromatic heterocycles. The Balaban J connectivity index is 1.96. The van der Waals surface area contributed by atoms with Crippen LogP contribution in [0.15, 0.2) is 53.2 Å². The molecule has 1 amide bonds. The van der Waals surface area contributed by atoms with E-state index in [1.54, 1.807) is 32.4 Å². The number of carbonyl (C=O) groups is 1. The van der Waals surface area contributed by atoms with Crippen molar-refractivity contribution in [2.24, 2.45) is 4.99 Å². The summed E-state index contributed by atoms with van der Waals surface area (Å²) < 4.78 is 10.5. The van der Waals surface area contributed by atoms with Gasteiger partial charge in [-0.15, -0.1) is 0 Å². The highest BCUT2D eigenvalue weighted by Gasteiger charge is 2.22. The minimum atomic E-state index is -0.219. The lowest BCUT2D eigenvalue weighted by Crippen LogP contribution is -2.24.